The maximum absolute atomic E-state index is 13.1. The molecule has 1 unspecified atom stereocenters. The first-order valence-corrected chi connectivity index (χ1v) is 11.5. The van der Waals surface area contributed by atoms with Crippen LogP contribution in [0.4, 0.5) is 17.1 Å². The van der Waals surface area contributed by atoms with Crippen molar-refractivity contribution < 1.29 is 28.7 Å². The molecule has 0 radical (unpaired) electrons. The standard InChI is InChI=1S/C25H26N4O6/c1-34-16-6-8-19(21(12-16)35-2)29-13-14(10-22(29)30)23(31)26-15-5-7-18-17(11-15)25(33)28-9-3-4-20(28)24(32)27-18/h5-8,11-12,14,20H,3-4,9-10,13H2,1-2H3,(H,26,31)(H,27,32)/t14?,20-/m0/s1. The van der Waals surface area contributed by atoms with Crippen LogP contribution in [-0.2, 0) is 14.4 Å². The fourth-order valence-electron chi connectivity index (χ4n) is 4.93. The Morgan fingerprint density at radius 2 is 1.91 bits per heavy atom. The molecule has 10 heteroatoms. The van der Waals surface area contributed by atoms with Gasteiger partial charge in [-0.3, -0.25) is 19.2 Å². The number of amides is 4. The highest BCUT2D eigenvalue weighted by Crippen LogP contribution is 2.36. The third-order valence-electron chi connectivity index (χ3n) is 6.77. The molecule has 0 aromatic heterocycles. The minimum atomic E-state index is -0.577. The van der Waals surface area contributed by atoms with Crippen LogP contribution >= 0.6 is 0 Å². The first-order chi connectivity index (χ1) is 16.9. The molecular formula is C25H26N4O6. The molecule has 3 aliphatic rings. The van der Waals surface area contributed by atoms with E-state index >= 15 is 0 Å². The lowest BCUT2D eigenvalue weighted by atomic mass is 10.1. The lowest BCUT2D eigenvalue weighted by Crippen LogP contribution is -2.40. The summed E-state index contributed by atoms with van der Waals surface area (Å²) in [6.45, 7) is 0.727. The lowest BCUT2D eigenvalue weighted by molar-refractivity contribution is -0.122. The zero-order valence-electron chi connectivity index (χ0n) is 19.5. The number of anilines is 3. The number of nitrogens with zero attached hydrogens (tertiary/aromatic N) is 2. The van der Waals surface area contributed by atoms with Crippen LogP contribution in [-0.4, -0.2) is 61.9 Å². The molecular weight excluding hydrogens is 452 g/mol. The van der Waals surface area contributed by atoms with E-state index in [1.165, 1.54) is 12.0 Å². The van der Waals surface area contributed by atoms with Gasteiger partial charge in [-0.15, -0.1) is 0 Å². The molecule has 5 rings (SSSR count). The van der Waals surface area contributed by atoms with Crippen molar-refractivity contribution in [2.24, 2.45) is 5.92 Å². The van der Waals surface area contributed by atoms with E-state index < -0.39 is 12.0 Å². The van der Waals surface area contributed by atoms with Gasteiger partial charge in [0.2, 0.25) is 17.7 Å². The molecule has 0 aliphatic carbocycles. The van der Waals surface area contributed by atoms with Crippen LogP contribution in [0.3, 0.4) is 0 Å². The van der Waals surface area contributed by atoms with Crippen molar-refractivity contribution in [3.05, 3.63) is 42.0 Å². The van der Waals surface area contributed by atoms with Crippen molar-refractivity contribution in [3.63, 3.8) is 0 Å². The summed E-state index contributed by atoms with van der Waals surface area (Å²) >= 11 is 0. The molecule has 0 saturated carbocycles. The number of fused-ring (bicyclic) bond motifs is 2. The normalized spacial score (nSPS) is 21.3. The predicted molar refractivity (Wildman–Crippen MR) is 128 cm³/mol. The van der Waals surface area contributed by atoms with Crippen LogP contribution in [0.5, 0.6) is 11.5 Å². The van der Waals surface area contributed by atoms with Gasteiger partial charge in [-0.1, -0.05) is 0 Å². The van der Waals surface area contributed by atoms with Crippen LogP contribution in [0, 0.1) is 5.92 Å². The summed E-state index contributed by atoms with van der Waals surface area (Å²) in [6.07, 6.45) is 1.47. The highest BCUT2D eigenvalue weighted by atomic mass is 16.5. The molecule has 0 bridgehead atoms. The lowest BCUT2D eigenvalue weighted by Gasteiger charge is -2.20. The zero-order valence-corrected chi connectivity index (χ0v) is 19.5. The number of benzene rings is 2. The molecule has 2 atom stereocenters. The van der Waals surface area contributed by atoms with Gasteiger partial charge < -0.3 is 29.9 Å². The van der Waals surface area contributed by atoms with Crippen LogP contribution in [0.25, 0.3) is 0 Å². The number of methoxy groups -OCH3 is 2. The van der Waals surface area contributed by atoms with E-state index in [1.807, 2.05) is 0 Å². The van der Waals surface area contributed by atoms with Crippen molar-refractivity contribution in [2.45, 2.75) is 25.3 Å². The SMILES string of the molecule is COc1ccc(N2CC(C(=O)Nc3ccc4c(c3)C(=O)N3CCC[C@H]3C(=O)N4)CC2=O)c(OC)c1. The number of rotatable bonds is 5. The van der Waals surface area contributed by atoms with Crippen LogP contribution < -0.4 is 25.0 Å². The van der Waals surface area contributed by atoms with Gasteiger partial charge in [0.1, 0.15) is 17.5 Å². The van der Waals surface area contributed by atoms with Gasteiger partial charge >= 0.3 is 0 Å². The number of ether oxygens (including phenoxy) is 2. The molecule has 3 heterocycles. The second kappa shape index (κ2) is 8.94. The number of hydrogen-bond donors (Lipinski definition) is 2. The summed E-state index contributed by atoms with van der Waals surface area (Å²) in [5.74, 6) is -0.431. The Kier molecular flexibility index (Phi) is 5.80. The Balaban J connectivity index is 1.32. The Bertz CT molecular complexity index is 1230. The highest BCUT2D eigenvalue weighted by molar-refractivity contribution is 6.11. The summed E-state index contributed by atoms with van der Waals surface area (Å²) in [7, 11) is 3.05. The molecule has 2 fully saturated rings. The Morgan fingerprint density at radius 1 is 1.09 bits per heavy atom. The van der Waals surface area contributed by atoms with Gasteiger partial charge in [0.05, 0.1) is 37.1 Å². The van der Waals surface area contributed by atoms with E-state index in [2.05, 4.69) is 10.6 Å². The third kappa shape index (κ3) is 4.05. The molecule has 2 N–H and O–H groups in total. The average Bonchev–Trinajstić information content (AvgIpc) is 3.49. The van der Waals surface area contributed by atoms with E-state index in [-0.39, 0.29) is 36.6 Å². The quantitative estimate of drug-likeness (QED) is 0.681. The maximum atomic E-state index is 13.1. The number of hydrogen-bond acceptors (Lipinski definition) is 6. The van der Waals surface area contributed by atoms with Gasteiger partial charge in [0, 0.05) is 31.3 Å². The summed E-state index contributed by atoms with van der Waals surface area (Å²) in [5, 5.41) is 5.66. The number of nitrogens with one attached hydrogen (secondary N) is 2. The van der Waals surface area contributed by atoms with Gasteiger partial charge in [-0.25, -0.2) is 0 Å². The van der Waals surface area contributed by atoms with Crippen molar-refractivity contribution in [2.75, 3.05) is 42.8 Å². The fourth-order valence-corrected chi connectivity index (χ4v) is 4.93. The molecule has 4 amide bonds. The minimum absolute atomic E-state index is 0.0520. The van der Waals surface area contributed by atoms with Crippen molar-refractivity contribution in [1.29, 1.82) is 0 Å². The van der Waals surface area contributed by atoms with Gasteiger partial charge in [0.15, 0.2) is 0 Å². The average molecular weight is 479 g/mol. The largest absolute Gasteiger partial charge is 0.497 e. The van der Waals surface area contributed by atoms with Crippen LogP contribution in [0.2, 0.25) is 0 Å². The summed E-state index contributed by atoms with van der Waals surface area (Å²) in [5.41, 5.74) is 1.77. The molecule has 182 valence electrons. The van der Waals surface area contributed by atoms with Crippen molar-refractivity contribution in [1.82, 2.24) is 4.90 Å². The predicted octanol–water partition coefficient (Wildman–Crippen LogP) is 2.25. The second-order valence-electron chi connectivity index (χ2n) is 8.84. The number of carbonyl (C=O) groups is 4. The summed E-state index contributed by atoms with van der Waals surface area (Å²) < 4.78 is 10.6. The summed E-state index contributed by atoms with van der Waals surface area (Å²) in [6, 6.07) is 9.53. The zero-order chi connectivity index (χ0) is 24.7. The van der Waals surface area contributed by atoms with E-state index in [1.54, 1.807) is 48.4 Å². The third-order valence-corrected chi connectivity index (χ3v) is 6.77. The van der Waals surface area contributed by atoms with Crippen molar-refractivity contribution >= 4 is 40.7 Å². The Hall–Kier alpha value is -4.08. The Labute approximate surface area is 202 Å². The number of carbonyl (C=O) groups excluding carboxylic acids is 4. The van der Waals surface area contributed by atoms with Gasteiger partial charge in [-0.2, -0.15) is 0 Å². The molecule has 2 aromatic rings. The minimum Gasteiger partial charge on any atom is -0.497 e. The summed E-state index contributed by atoms with van der Waals surface area (Å²) in [4.78, 5) is 54.4. The molecule has 2 saturated heterocycles. The van der Waals surface area contributed by atoms with Crippen LogP contribution in [0.1, 0.15) is 29.6 Å². The van der Waals surface area contributed by atoms with Gasteiger partial charge in [0.25, 0.3) is 5.91 Å². The van der Waals surface area contributed by atoms with Crippen molar-refractivity contribution in [3.8, 4) is 11.5 Å². The first kappa shape index (κ1) is 22.7. The van der Waals surface area contributed by atoms with Gasteiger partial charge in [-0.05, 0) is 43.2 Å². The smallest absolute Gasteiger partial charge is 0.256 e. The Morgan fingerprint density at radius 3 is 2.69 bits per heavy atom. The topological polar surface area (TPSA) is 117 Å². The molecule has 35 heavy (non-hydrogen) atoms. The van der Waals surface area contributed by atoms with E-state index in [9.17, 15) is 19.2 Å². The molecule has 10 nitrogen and oxygen atoms in total. The molecule has 0 spiro atoms. The van der Waals surface area contributed by atoms with E-state index in [4.69, 9.17) is 9.47 Å². The molecule has 3 aliphatic heterocycles. The van der Waals surface area contributed by atoms with E-state index in [0.29, 0.717) is 47.1 Å². The first-order valence-electron chi connectivity index (χ1n) is 11.5. The monoisotopic (exact) mass is 478 g/mol. The highest BCUT2D eigenvalue weighted by Gasteiger charge is 2.39. The van der Waals surface area contributed by atoms with E-state index in [0.717, 1.165) is 6.42 Å². The molecule has 2 aromatic carbocycles. The fraction of sp³-hybridized carbons (Fsp3) is 0.360. The second-order valence-corrected chi connectivity index (χ2v) is 8.84. The van der Waals surface area contributed by atoms with Crippen LogP contribution in [0.15, 0.2) is 36.4 Å². The maximum Gasteiger partial charge on any atom is 0.256 e.